The minimum atomic E-state index is -0.504. The first-order valence-electron chi connectivity index (χ1n) is 8.79. The minimum Gasteiger partial charge on any atom is -0.385 e. The number of rotatable bonds is 7. The van der Waals surface area contributed by atoms with Crippen molar-refractivity contribution in [3.63, 3.8) is 0 Å². The number of carbonyl (C=O) groups is 1. The van der Waals surface area contributed by atoms with Crippen LogP contribution in [0.15, 0.2) is 18.2 Å². The van der Waals surface area contributed by atoms with Gasteiger partial charge >= 0.3 is 0 Å². The molecule has 27 heavy (non-hydrogen) atoms. The number of hydrazine groups is 1. The largest absolute Gasteiger partial charge is 0.385 e. The van der Waals surface area contributed by atoms with E-state index in [1.54, 1.807) is 20.2 Å². The van der Waals surface area contributed by atoms with Gasteiger partial charge in [0.15, 0.2) is 5.11 Å². The number of amides is 1. The van der Waals surface area contributed by atoms with Crippen LogP contribution in [-0.4, -0.2) is 61.4 Å². The van der Waals surface area contributed by atoms with Gasteiger partial charge in [-0.2, -0.15) is 0 Å². The summed E-state index contributed by atoms with van der Waals surface area (Å²) in [4.78, 5) is 25.5. The fraction of sp³-hybridized carbons (Fsp3) is 0.529. The van der Waals surface area contributed by atoms with Gasteiger partial charge in [-0.05, 0) is 37.5 Å². The Morgan fingerprint density at radius 2 is 2.11 bits per heavy atom. The van der Waals surface area contributed by atoms with Crippen molar-refractivity contribution < 1.29 is 14.5 Å². The standard InChI is InChI=1S/C17H25N5O4S/c1-20(17(27)18-8-5-11-26-2)19-16(23)14-12-13(22(24)25)6-7-15(14)21-9-3-4-10-21/h6-7,12H,3-5,8-11H2,1-2H3,(H,18,27)(H,19,23). The third-order valence-electron chi connectivity index (χ3n) is 4.26. The molecule has 0 spiro atoms. The number of non-ortho nitro benzene ring substituents is 1. The number of anilines is 1. The van der Waals surface area contributed by atoms with Gasteiger partial charge in [-0.15, -0.1) is 0 Å². The van der Waals surface area contributed by atoms with E-state index in [2.05, 4.69) is 15.6 Å². The SMILES string of the molecule is COCCCNC(=S)N(C)NC(=O)c1cc([N+](=O)[O-])ccc1N1CCCC1. The lowest BCUT2D eigenvalue weighted by atomic mass is 10.1. The van der Waals surface area contributed by atoms with Crippen molar-refractivity contribution in [3.8, 4) is 0 Å². The molecule has 2 N–H and O–H groups in total. The molecular weight excluding hydrogens is 370 g/mol. The topological polar surface area (TPSA) is 100.0 Å². The van der Waals surface area contributed by atoms with E-state index < -0.39 is 10.8 Å². The number of hydrogen-bond acceptors (Lipinski definition) is 6. The lowest BCUT2D eigenvalue weighted by molar-refractivity contribution is -0.384. The van der Waals surface area contributed by atoms with E-state index in [9.17, 15) is 14.9 Å². The Morgan fingerprint density at radius 3 is 2.74 bits per heavy atom. The Labute approximate surface area is 163 Å². The molecule has 1 aliphatic heterocycles. The van der Waals surface area contributed by atoms with E-state index in [4.69, 9.17) is 17.0 Å². The molecule has 0 aliphatic carbocycles. The van der Waals surface area contributed by atoms with Crippen LogP contribution < -0.4 is 15.6 Å². The molecular formula is C17H25N5O4S. The number of methoxy groups -OCH3 is 1. The van der Waals surface area contributed by atoms with Crippen LogP contribution in [0.1, 0.15) is 29.6 Å². The quantitative estimate of drug-likeness (QED) is 0.311. The highest BCUT2D eigenvalue weighted by molar-refractivity contribution is 7.80. The van der Waals surface area contributed by atoms with E-state index in [1.165, 1.54) is 17.1 Å². The van der Waals surface area contributed by atoms with Crippen LogP contribution >= 0.6 is 12.2 Å². The zero-order chi connectivity index (χ0) is 19.8. The maximum atomic E-state index is 12.8. The third kappa shape index (κ3) is 5.76. The zero-order valence-electron chi connectivity index (χ0n) is 15.6. The molecule has 1 aromatic rings. The van der Waals surface area contributed by atoms with Gasteiger partial charge in [-0.25, -0.2) is 0 Å². The first kappa shape index (κ1) is 20.8. The molecule has 1 saturated heterocycles. The maximum absolute atomic E-state index is 12.8. The monoisotopic (exact) mass is 395 g/mol. The average Bonchev–Trinajstić information content (AvgIpc) is 3.18. The smallest absolute Gasteiger partial charge is 0.272 e. The number of nitrogens with one attached hydrogen (secondary N) is 2. The summed E-state index contributed by atoms with van der Waals surface area (Å²) in [7, 11) is 3.25. The molecule has 1 fully saturated rings. The fourth-order valence-corrected chi connectivity index (χ4v) is 2.99. The van der Waals surface area contributed by atoms with E-state index in [0.717, 1.165) is 32.4 Å². The lowest BCUT2D eigenvalue weighted by Gasteiger charge is -2.24. The number of ether oxygens (including phenoxy) is 1. The first-order chi connectivity index (χ1) is 12.9. The van der Waals surface area contributed by atoms with Crippen LogP contribution in [0.4, 0.5) is 11.4 Å². The molecule has 0 saturated carbocycles. The van der Waals surface area contributed by atoms with Crippen molar-refractivity contribution in [3.05, 3.63) is 33.9 Å². The van der Waals surface area contributed by atoms with Crippen molar-refractivity contribution in [1.82, 2.24) is 15.8 Å². The summed E-state index contributed by atoms with van der Waals surface area (Å²) >= 11 is 5.24. The van der Waals surface area contributed by atoms with Crippen molar-refractivity contribution in [2.24, 2.45) is 0 Å². The number of thiocarbonyl (C=S) groups is 1. The minimum absolute atomic E-state index is 0.119. The average molecular weight is 395 g/mol. The molecule has 0 aromatic heterocycles. The van der Waals surface area contributed by atoms with Crippen molar-refractivity contribution in [1.29, 1.82) is 0 Å². The molecule has 2 rings (SSSR count). The summed E-state index contributed by atoms with van der Waals surface area (Å²) in [6, 6.07) is 4.38. The van der Waals surface area contributed by atoms with Crippen LogP contribution in [0.3, 0.4) is 0 Å². The van der Waals surface area contributed by atoms with Crippen molar-refractivity contribution in [2.45, 2.75) is 19.3 Å². The fourth-order valence-electron chi connectivity index (χ4n) is 2.85. The molecule has 148 valence electrons. The van der Waals surface area contributed by atoms with E-state index >= 15 is 0 Å². The normalized spacial score (nSPS) is 13.3. The van der Waals surface area contributed by atoms with Crippen LogP contribution in [0.2, 0.25) is 0 Å². The van der Waals surface area contributed by atoms with Crippen molar-refractivity contribution >= 4 is 34.6 Å². The Balaban J connectivity index is 2.10. The number of hydrogen-bond donors (Lipinski definition) is 2. The van der Waals surface area contributed by atoms with Gasteiger partial charge in [0, 0.05) is 52.5 Å². The number of nitro groups is 1. The molecule has 9 nitrogen and oxygen atoms in total. The molecule has 0 atom stereocenters. The van der Waals surface area contributed by atoms with Gasteiger partial charge in [0.1, 0.15) is 0 Å². The number of nitrogens with zero attached hydrogens (tertiary/aromatic N) is 3. The van der Waals surface area contributed by atoms with Crippen LogP contribution in [0, 0.1) is 10.1 Å². The van der Waals surface area contributed by atoms with Crippen LogP contribution in [0.5, 0.6) is 0 Å². The molecule has 1 aromatic carbocycles. The number of carbonyl (C=O) groups excluding carboxylic acids is 1. The van der Waals surface area contributed by atoms with E-state index in [-0.39, 0.29) is 11.3 Å². The zero-order valence-corrected chi connectivity index (χ0v) is 16.4. The third-order valence-corrected chi connectivity index (χ3v) is 4.68. The number of benzene rings is 1. The summed E-state index contributed by atoms with van der Waals surface area (Å²) < 4.78 is 4.97. The second-order valence-electron chi connectivity index (χ2n) is 6.23. The van der Waals surface area contributed by atoms with Gasteiger partial charge in [0.05, 0.1) is 16.2 Å². The predicted molar refractivity (Wildman–Crippen MR) is 107 cm³/mol. The Bertz CT molecular complexity index is 694. The van der Waals surface area contributed by atoms with Gasteiger partial charge in [0.2, 0.25) is 0 Å². The van der Waals surface area contributed by atoms with E-state index in [0.29, 0.717) is 24.0 Å². The number of nitro benzene ring substituents is 1. The highest BCUT2D eigenvalue weighted by atomic mass is 32.1. The van der Waals surface area contributed by atoms with E-state index in [1.807, 2.05) is 0 Å². The van der Waals surface area contributed by atoms with Gasteiger partial charge < -0.3 is 15.0 Å². The highest BCUT2D eigenvalue weighted by Crippen LogP contribution is 2.28. The summed E-state index contributed by atoms with van der Waals surface area (Å²) in [5.74, 6) is -0.441. The predicted octanol–water partition coefficient (Wildman–Crippen LogP) is 1.68. The maximum Gasteiger partial charge on any atom is 0.272 e. The second kappa shape index (κ2) is 10.0. The molecule has 1 amide bonds. The van der Waals surface area contributed by atoms with Crippen molar-refractivity contribution in [2.75, 3.05) is 45.3 Å². The molecule has 1 aliphatic rings. The molecule has 0 bridgehead atoms. The molecule has 0 radical (unpaired) electrons. The van der Waals surface area contributed by atoms with Gasteiger partial charge in [-0.1, -0.05) is 0 Å². The van der Waals surface area contributed by atoms with Crippen LogP contribution in [0.25, 0.3) is 0 Å². The Hall–Kier alpha value is -2.46. The first-order valence-corrected chi connectivity index (χ1v) is 9.19. The molecule has 1 heterocycles. The highest BCUT2D eigenvalue weighted by Gasteiger charge is 2.23. The Kier molecular flexibility index (Phi) is 7.74. The molecule has 10 heteroatoms. The summed E-state index contributed by atoms with van der Waals surface area (Å²) in [6.45, 7) is 2.88. The molecule has 0 unspecified atom stereocenters. The van der Waals surface area contributed by atoms with Crippen LogP contribution in [-0.2, 0) is 4.74 Å². The summed E-state index contributed by atoms with van der Waals surface area (Å²) in [5, 5.41) is 15.9. The lowest BCUT2D eigenvalue weighted by Crippen LogP contribution is -2.48. The Morgan fingerprint density at radius 1 is 1.41 bits per heavy atom. The van der Waals surface area contributed by atoms with Gasteiger partial charge in [-0.3, -0.25) is 25.3 Å². The summed E-state index contributed by atoms with van der Waals surface area (Å²) in [5.41, 5.74) is 3.52. The van der Waals surface area contributed by atoms with Gasteiger partial charge in [0.25, 0.3) is 11.6 Å². The second-order valence-corrected chi connectivity index (χ2v) is 6.62. The summed E-state index contributed by atoms with van der Waals surface area (Å²) in [6.07, 6.45) is 2.85.